The van der Waals surface area contributed by atoms with Gasteiger partial charge in [0.2, 0.25) is 6.29 Å². The van der Waals surface area contributed by atoms with Crippen molar-refractivity contribution in [2.45, 2.75) is 52.7 Å². The zero-order valence-electron chi connectivity index (χ0n) is 11.4. The van der Waals surface area contributed by atoms with Crippen LogP contribution in [0.2, 0.25) is 0 Å². The third kappa shape index (κ3) is 1.43. The molecule has 1 saturated carbocycles. The lowest BCUT2D eigenvalue weighted by molar-refractivity contribution is -0.165. The van der Waals surface area contributed by atoms with E-state index in [4.69, 9.17) is 4.74 Å². The predicted molar refractivity (Wildman–Crippen MR) is 67.5 cm³/mol. The van der Waals surface area contributed by atoms with Crippen molar-refractivity contribution in [1.29, 1.82) is 0 Å². The normalized spacial score (nSPS) is 45.9. The number of cyclic esters (lactones) is 1. The van der Waals surface area contributed by atoms with Crippen molar-refractivity contribution in [3.05, 3.63) is 11.6 Å². The van der Waals surface area contributed by atoms with Crippen LogP contribution in [0.5, 0.6) is 0 Å². The average molecular weight is 250 g/mol. The highest BCUT2D eigenvalue weighted by atomic mass is 16.6. The van der Waals surface area contributed by atoms with Gasteiger partial charge in [0.15, 0.2) is 0 Å². The third-order valence-corrected chi connectivity index (χ3v) is 5.64. The van der Waals surface area contributed by atoms with Gasteiger partial charge in [0.1, 0.15) is 0 Å². The number of carbonyl (C=O) groups is 1. The fourth-order valence-electron chi connectivity index (χ4n) is 4.79. The number of carbonyl (C=O) groups excluding carboxylic acids is 1. The predicted octanol–water partition coefficient (Wildman–Crippen LogP) is 2.64. The average Bonchev–Trinajstić information content (AvgIpc) is 2.54. The molecule has 2 aliphatic carbocycles. The van der Waals surface area contributed by atoms with Crippen LogP contribution in [0.3, 0.4) is 0 Å². The molecule has 0 radical (unpaired) electrons. The van der Waals surface area contributed by atoms with E-state index in [1.54, 1.807) is 0 Å². The Hall–Kier alpha value is -0.830. The summed E-state index contributed by atoms with van der Waals surface area (Å²) in [7, 11) is 0. The molecule has 0 bridgehead atoms. The first kappa shape index (κ1) is 12.2. The second-order valence-electron chi connectivity index (χ2n) is 7.07. The van der Waals surface area contributed by atoms with E-state index in [-0.39, 0.29) is 22.7 Å². The van der Waals surface area contributed by atoms with Crippen LogP contribution in [-0.4, -0.2) is 17.4 Å². The topological polar surface area (TPSA) is 46.5 Å². The number of hydrogen-bond acceptors (Lipinski definition) is 3. The van der Waals surface area contributed by atoms with Gasteiger partial charge in [0, 0.05) is 5.57 Å². The number of aliphatic hydroxyl groups excluding tert-OH is 1. The number of ether oxygens (including phenoxy) is 1. The molecule has 1 aliphatic heterocycles. The van der Waals surface area contributed by atoms with Crippen molar-refractivity contribution in [3.8, 4) is 0 Å². The molecule has 1 heterocycles. The first-order valence-electron chi connectivity index (χ1n) is 6.95. The summed E-state index contributed by atoms with van der Waals surface area (Å²) in [6, 6.07) is 0. The van der Waals surface area contributed by atoms with Crippen molar-refractivity contribution in [1.82, 2.24) is 0 Å². The van der Waals surface area contributed by atoms with E-state index >= 15 is 0 Å². The number of aliphatic hydroxyl groups is 1. The lowest BCUT2D eigenvalue weighted by atomic mass is 9.49. The van der Waals surface area contributed by atoms with E-state index in [2.05, 4.69) is 20.8 Å². The maximum atomic E-state index is 11.7. The van der Waals surface area contributed by atoms with Crippen LogP contribution >= 0.6 is 0 Å². The van der Waals surface area contributed by atoms with E-state index in [9.17, 15) is 9.90 Å². The zero-order valence-corrected chi connectivity index (χ0v) is 11.4. The molecule has 3 nitrogen and oxygen atoms in total. The first-order chi connectivity index (χ1) is 8.36. The van der Waals surface area contributed by atoms with Gasteiger partial charge in [-0.3, -0.25) is 0 Å². The molecule has 1 saturated heterocycles. The molecule has 0 aromatic carbocycles. The molecular weight excluding hydrogens is 228 g/mol. The van der Waals surface area contributed by atoms with Crippen molar-refractivity contribution >= 4 is 5.97 Å². The Morgan fingerprint density at radius 1 is 1.33 bits per heavy atom. The van der Waals surface area contributed by atoms with Gasteiger partial charge < -0.3 is 9.84 Å². The SMILES string of the molecule is CC1(C)CCCC2(C)C3C(=CCC12)C(=O)OC3O. The van der Waals surface area contributed by atoms with Crippen LogP contribution in [0.15, 0.2) is 11.6 Å². The van der Waals surface area contributed by atoms with E-state index < -0.39 is 6.29 Å². The molecular formula is C15H22O3. The highest BCUT2D eigenvalue weighted by molar-refractivity contribution is 5.91. The minimum atomic E-state index is -0.939. The molecule has 3 rings (SSSR count). The summed E-state index contributed by atoms with van der Waals surface area (Å²) in [5.74, 6) is 0.0931. The first-order valence-corrected chi connectivity index (χ1v) is 6.95. The van der Waals surface area contributed by atoms with Crippen LogP contribution < -0.4 is 0 Å². The quantitative estimate of drug-likeness (QED) is 0.672. The molecule has 2 fully saturated rings. The number of fused-ring (bicyclic) bond motifs is 3. The van der Waals surface area contributed by atoms with Gasteiger partial charge in [0.05, 0.1) is 5.92 Å². The van der Waals surface area contributed by atoms with Crippen LogP contribution in [-0.2, 0) is 9.53 Å². The van der Waals surface area contributed by atoms with Gasteiger partial charge in [-0.25, -0.2) is 4.79 Å². The highest BCUT2D eigenvalue weighted by Crippen LogP contribution is 2.61. The van der Waals surface area contributed by atoms with Gasteiger partial charge in [0.25, 0.3) is 0 Å². The fraction of sp³-hybridized carbons (Fsp3) is 0.800. The Balaban J connectivity index is 2.06. The van der Waals surface area contributed by atoms with Gasteiger partial charge in [-0.2, -0.15) is 0 Å². The molecule has 0 aromatic heterocycles. The van der Waals surface area contributed by atoms with Crippen molar-refractivity contribution in [3.63, 3.8) is 0 Å². The van der Waals surface area contributed by atoms with E-state index in [1.807, 2.05) is 6.08 Å². The van der Waals surface area contributed by atoms with Crippen molar-refractivity contribution < 1.29 is 14.6 Å². The number of allylic oxidation sites excluding steroid dienone is 1. The van der Waals surface area contributed by atoms with E-state index in [0.29, 0.717) is 5.92 Å². The molecule has 0 spiro atoms. The Morgan fingerprint density at radius 3 is 2.78 bits per heavy atom. The third-order valence-electron chi connectivity index (χ3n) is 5.64. The standard InChI is InChI=1S/C15H22O3/c1-14(2)7-4-8-15(3)10(14)6-5-9-11(15)13(17)18-12(9)16/h5,10-11,13,17H,4,6-8H2,1-3H3. The smallest absolute Gasteiger partial charge is 0.336 e. The summed E-state index contributed by atoms with van der Waals surface area (Å²) in [5, 5.41) is 10.1. The van der Waals surface area contributed by atoms with Gasteiger partial charge in [-0.15, -0.1) is 0 Å². The number of esters is 1. The largest absolute Gasteiger partial charge is 0.432 e. The summed E-state index contributed by atoms with van der Waals surface area (Å²) in [5.41, 5.74) is 0.997. The molecule has 4 atom stereocenters. The van der Waals surface area contributed by atoms with E-state index in [0.717, 1.165) is 18.4 Å². The summed E-state index contributed by atoms with van der Waals surface area (Å²) < 4.78 is 5.04. The molecule has 0 aromatic rings. The number of hydrogen-bond donors (Lipinski definition) is 1. The summed E-state index contributed by atoms with van der Waals surface area (Å²) in [4.78, 5) is 11.7. The molecule has 100 valence electrons. The maximum Gasteiger partial charge on any atom is 0.336 e. The lowest BCUT2D eigenvalue weighted by Crippen LogP contribution is -2.50. The summed E-state index contributed by atoms with van der Waals surface area (Å²) in [6.07, 6.45) is 5.50. The Bertz CT molecular complexity index is 423. The molecule has 3 heteroatoms. The molecule has 4 unspecified atom stereocenters. The second-order valence-corrected chi connectivity index (χ2v) is 7.07. The van der Waals surface area contributed by atoms with Gasteiger partial charge in [-0.1, -0.05) is 33.3 Å². The summed E-state index contributed by atoms with van der Waals surface area (Å²) in [6.45, 7) is 6.87. The molecule has 1 N–H and O–H groups in total. The van der Waals surface area contributed by atoms with Crippen LogP contribution in [0.25, 0.3) is 0 Å². The number of rotatable bonds is 0. The molecule has 3 aliphatic rings. The Kier molecular flexibility index (Phi) is 2.44. The molecule has 0 amide bonds. The fourth-order valence-corrected chi connectivity index (χ4v) is 4.79. The zero-order chi connectivity index (χ0) is 13.1. The van der Waals surface area contributed by atoms with Crippen LogP contribution in [0, 0.1) is 22.7 Å². The molecule has 18 heavy (non-hydrogen) atoms. The maximum absolute atomic E-state index is 11.7. The van der Waals surface area contributed by atoms with Crippen molar-refractivity contribution in [2.24, 2.45) is 22.7 Å². The minimum absolute atomic E-state index is 0.00257. The minimum Gasteiger partial charge on any atom is -0.432 e. The van der Waals surface area contributed by atoms with Crippen LogP contribution in [0.4, 0.5) is 0 Å². The van der Waals surface area contributed by atoms with Crippen LogP contribution in [0.1, 0.15) is 46.5 Å². The van der Waals surface area contributed by atoms with Gasteiger partial charge in [-0.05, 0) is 36.0 Å². The van der Waals surface area contributed by atoms with Gasteiger partial charge >= 0.3 is 5.97 Å². The second kappa shape index (κ2) is 3.60. The lowest BCUT2D eigenvalue weighted by Gasteiger charge is -2.55. The summed E-state index contributed by atoms with van der Waals surface area (Å²) >= 11 is 0. The Labute approximate surface area is 108 Å². The monoisotopic (exact) mass is 250 g/mol. The van der Waals surface area contributed by atoms with E-state index in [1.165, 1.54) is 12.8 Å². The Morgan fingerprint density at radius 2 is 2.06 bits per heavy atom. The highest BCUT2D eigenvalue weighted by Gasteiger charge is 2.59. The van der Waals surface area contributed by atoms with Crippen molar-refractivity contribution in [2.75, 3.05) is 0 Å².